The number of nitrogens with one attached hydrogen (secondary N) is 1. The zero-order valence-electron chi connectivity index (χ0n) is 19.4. The number of fused-ring (bicyclic) bond motifs is 1. The topological polar surface area (TPSA) is 85.8 Å². The van der Waals surface area contributed by atoms with Crippen molar-refractivity contribution >= 4 is 40.0 Å². The molecule has 1 saturated heterocycles. The van der Waals surface area contributed by atoms with E-state index in [1.165, 1.54) is 5.69 Å². The van der Waals surface area contributed by atoms with Gasteiger partial charge in [-0.05, 0) is 55.0 Å². The van der Waals surface area contributed by atoms with Crippen LogP contribution in [0.4, 0.5) is 17.2 Å². The van der Waals surface area contributed by atoms with Gasteiger partial charge in [0.15, 0.2) is 0 Å². The number of amides is 1. The Bertz CT molecular complexity index is 1400. The van der Waals surface area contributed by atoms with E-state index in [9.17, 15) is 14.7 Å². The Morgan fingerprint density at radius 1 is 0.829 bits per heavy atom. The molecule has 3 aromatic carbocycles. The van der Waals surface area contributed by atoms with Crippen molar-refractivity contribution in [1.29, 1.82) is 0 Å². The Morgan fingerprint density at radius 3 is 2.23 bits per heavy atom. The van der Waals surface area contributed by atoms with Gasteiger partial charge in [-0.1, -0.05) is 36.4 Å². The first-order valence-electron chi connectivity index (χ1n) is 11.6. The molecule has 0 unspecified atom stereocenters. The number of anilines is 3. The lowest BCUT2D eigenvalue weighted by molar-refractivity contribution is 0.0698. The fourth-order valence-corrected chi connectivity index (χ4v) is 4.49. The van der Waals surface area contributed by atoms with Crippen molar-refractivity contribution in [2.45, 2.75) is 6.92 Å². The van der Waals surface area contributed by atoms with Gasteiger partial charge >= 0.3 is 5.97 Å². The Morgan fingerprint density at radius 2 is 1.51 bits per heavy atom. The smallest absolute Gasteiger partial charge is 0.336 e. The third-order valence-corrected chi connectivity index (χ3v) is 6.40. The number of aromatic carboxylic acids is 1. The maximum atomic E-state index is 12.7. The van der Waals surface area contributed by atoms with E-state index in [1.54, 1.807) is 30.3 Å². The van der Waals surface area contributed by atoms with E-state index in [2.05, 4.69) is 27.2 Å². The maximum Gasteiger partial charge on any atom is 0.336 e. The van der Waals surface area contributed by atoms with Gasteiger partial charge in [0.2, 0.25) is 0 Å². The number of piperazine rings is 1. The molecule has 1 aliphatic heterocycles. The number of nitrogens with zero attached hydrogens (tertiary/aromatic N) is 3. The third kappa shape index (κ3) is 4.66. The molecular formula is C28H26N4O3. The number of hydrogen-bond acceptors (Lipinski definition) is 5. The summed E-state index contributed by atoms with van der Waals surface area (Å²) >= 11 is 0. The first-order chi connectivity index (χ1) is 17.0. The van der Waals surface area contributed by atoms with Gasteiger partial charge in [-0.15, -0.1) is 0 Å². The lowest BCUT2D eigenvalue weighted by atomic mass is 10.1. The average molecular weight is 467 g/mol. The monoisotopic (exact) mass is 466 g/mol. The van der Waals surface area contributed by atoms with E-state index in [0.717, 1.165) is 31.7 Å². The highest BCUT2D eigenvalue weighted by Crippen LogP contribution is 2.28. The molecule has 2 heterocycles. The van der Waals surface area contributed by atoms with Crippen LogP contribution in [0.15, 0.2) is 78.9 Å². The summed E-state index contributed by atoms with van der Waals surface area (Å²) in [6.45, 7) is 5.03. The summed E-state index contributed by atoms with van der Waals surface area (Å²) in [6, 6.07) is 24.4. The Kier molecular flexibility index (Phi) is 6.06. The standard InChI is InChI=1S/C28H26N4O3/c1-19-7-5-6-10-22(19)27(33)29-20-11-12-25-23(17-20)24(28(34)35)18-26(30-25)32-15-13-31(14-16-32)21-8-3-2-4-9-21/h2-12,17-18H,13-16H2,1H3,(H,29,33)(H,34,35). The number of carboxylic acid groups (broad SMARTS) is 1. The number of para-hydroxylation sites is 1. The number of rotatable bonds is 5. The van der Waals surface area contributed by atoms with Crippen LogP contribution in [0.3, 0.4) is 0 Å². The number of hydrogen-bond donors (Lipinski definition) is 2. The number of benzene rings is 3. The highest BCUT2D eigenvalue weighted by Gasteiger charge is 2.21. The van der Waals surface area contributed by atoms with Crippen LogP contribution in [0.1, 0.15) is 26.3 Å². The van der Waals surface area contributed by atoms with Gasteiger partial charge in [0, 0.05) is 48.5 Å². The second-order valence-electron chi connectivity index (χ2n) is 8.64. The fourth-order valence-electron chi connectivity index (χ4n) is 4.49. The molecule has 0 radical (unpaired) electrons. The van der Waals surface area contributed by atoms with E-state index in [-0.39, 0.29) is 11.5 Å². The second-order valence-corrected chi connectivity index (χ2v) is 8.64. The van der Waals surface area contributed by atoms with Crippen molar-refractivity contribution in [2.75, 3.05) is 41.3 Å². The summed E-state index contributed by atoms with van der Waals surface area (Å²) in [5.41, 5.74) is 3.91. The summed E-state index contributed by atoms with van der Waals surface area (Å²) in [4.78, 5) is 34.1. The molecule has 5 rings (SSSR count). The van der Waals surface area contributed by atoms with Crippen LogP contribution in [0.25, 0.3) is 10.9 Å². The zero-order valence-corrected chi connectivity index (χ0v) is 19.4. The molecule has 0 aliphatic carbocycles. The van der Waals surface area contributed by atoms with E-state index >= 15 is 0 Å². The zero-order chi connectivity index (χ0) is 24.4. The molecule has 35 heavy (non-hydrogen) atoms. The van der Waals surface area contributed by atoms with E-state index < -0.39 is 5.97 Å². The number of carbonyl (C=O) groups excluding carboxylic acids is 1. The summed E-state index contributed by atoms with van der Waals surface area (Å²) in [6.07, 6.45) is 0. The van der Waals surface area contributed by atoms with Crippen LogP contribution >= 0.6 is 0 Å². The van der Waals surface area contributed by atoms with Gasteiger partial charge in [0.25, 0.3) is 5.91 Å². The molecule has 2 N–H and O–H groups in total. The SMILES string of the molecule is Cc1ccccc1C(=O)Nc1ccc2nc(N3CCN(c4ccccc4)CC3)cc(C(=O)O)c2c1. The van der Waals surface area contributed by atoms with E-state index in [0.29, 0.717) is 28.0 Å². The van der Waals surface area contributed by atoms with Gasteiger partial charge in [0.1, 0.15) is 5.82 Å². The first kappa shape index (κ1) is 22.4. The van der Waals surface area contributed by atoms with Crippen LogP contribution < -0.4 is 15.1 Å². The highest BCUT2D eigenvalue weighted by atomic mass is 16.4. The summed E-state index contributed by atoms with van der Waals surface area (Å²) in [5, 5.41) is 13.3. The molecule has 1 aliphatic rings. The fraction of sp³-hybridized carbons (Fsp3) is 0.179. The number of aryl methyl sites for hydroxylation is 1. The van der Waals surface area contributed by atoms with Crippen molar-refractivity contribution in [2.24, 2.45) is 0 Å². The molecule has 7 nitrogen and oxygen atoms in total. The molecular weight excluding hydrogens is 440 g/mol. The van der Waals surface area contributed by atoms with Crippen LogP contribution in [-0.4, -0.2) is 48.1 Å². The number of aromatic nitrogens is 1. The van der Waals surface area contributed by atoms with Crippen LogP contribution in [-0.2, 0) is 0 Å². The molecule has 4 aromatic rings. The van der Waals surface area contributed by atoms with Crippen molar-refractivity contribution in [3.05, 3.63) is 95.6 Å². The summed E-state index contributed by atoms with van der Waals surface area (Å²) in [7, 11) is 0. The second kappa shape index (κ2) is 9.46. The van der Waals surface area contributed by atoms with Gasteiger partial charge in [0.05, 0.1) is 11.1 Å². The van der Waals surface area contributed by atoms with E-state index in [1.807, 2.05) is 43.3 Å². The van der Waals surface area contributed by atoms with Crippen LogP contribution in [0.2, 0.25) is 0 Å². The minimum Gasteiger partial charge on any atom is -0.478 e. The van der Waals surface area contributed by atoms with Gasteiger partial charge < -0.3 is 20.2 Å². The van der Waals surface area contributed by atoms with Crippen molar-refractivity contribution < 1.29 is 14.7 Å². The van der Waals surface area contributed by atoms with Crippen LogP contribution in [0, 0.1) is 6.92 Å². The van der Waals surface area contributed by atoms with Crippen LogP contribution in [0.5, 0.6) is 0 Å². The van der Waals surface area contributed by atoms with Crippen molar-refractivity contribution in [3.63, 3.8) is 0 Å². The molecule has 0 bridgehead atoms. The normalized spacial score (nSPS) is 13.6. The minimum atomic E-state index is -1.02. The number of pyridine rings is 1. The molecule has 1 amide bonds. The number of carboxylic acids is 1. The molecule has 0 spiro atoms. The van der Waals surface area contributed by atoms with Gasteiger partial charge in [-0.3, -0.25) is 4.79 Å². The Labute approximate surface area is 203 Å². The molecule has 7 heteroatoms. The first-order valence-corrected chi connectivity index (χ1v) is 11.6. The predicted octanol–water partition coefficient (Wildman–Crippen LogP) is 4.82. The molecule has 1 aromatic heterocycles. The molecule has 0 atom stereocenters. The summed E-state index contributed by atoms with van der Waals surface area (Å²) < 4.78 is 0. The molecule has 0 saturated carbocycles. The Hall–Kier alpha value is -4.39. The lowest BCUT2D eigenvalue weighted by Gasteiger charge is -2.37. The largest absolute Gasteiger partial charge is 0.478 e. The lowest BCUT2D eigenvalue weighted by Crippen LogP contribution is -2.46. The Balaban J connectivity index is 1.39. The average Bonchev–Trinajstić information content (AvgIpc) is 2.89. The van der Waals surface area contributed by atoms with Gasteiger partial charge in [-0.2, -0.15) is 0 Å². The molecule has 1 fully saturated rings. The maximum absolute atomic E-state index is 12.7. The minimum absolute atomic E-state index is 0.169. The van der Waals surface area contributed by atoms with Gasteiger partial charge in [-0.25, -0.2) is 9.78 Å². The summed E-state index contributed by atoms with van der Waals surface area (Å²) in [5.74, 6) is -0.608. The van der Waals surface area contributed by atoms with Crippen molar-refractivity contribution in [3.8, 4) is 0 Å². The quantitative estimate of drug-likeness (QED) is 0.439. The highest BCUT2D eigenvalue weighted by molar-refractivity contribution is 6.08. The molecule has 176 valence electrons. The predicted molar refractivity (Wildman–Crippen MR) is 139 cm³/mol. The third-order valence-electron chi connectivity index (χ3n) is 6.40. The number of carbonyl (C=O) groups is 2. The van der Waals surface area contributed by atoms with E-state index in [4.69, 9.17) is 4.98 Å². The van der Waals surface area contributed by atoms with Crippen molar-refractivity contribution in [1.82, 2.24) is 4.98 Å².